The Labute approximate surface area is 309 Å². The number of carbonyl (C=O) groups excluding carboxylic acids is 2. The maximum atomic E-state index is 14.5. The van der Waals surface area contributed by atoms with Crippen molar-refractivity contribution in [2.45, 2.75) is 47.0 Å². The van der Waals surface area contributed by atoms with Gasteiger partial charge in [0.25, 0.3) is 17.2 Å². The molecule has 7 rings (SSSR count). The summed E-state index contributed by atoms with van der Waals surface area (Å²) in [5.41, 5.74) is 2.50. The molecule has 15 nitrogen and oxygen atoms in total. The second kappa shape index (κ2) is 14.2. The monoisotopic (exact) mass is 769 g/mol. The van der Waals surface area contributed by atoms with Crippen LogP contribution in [0.25, 0.3) is 17.2 Å². The van der Waals surface area contributed by atoms with Crippen LogP contribution in [0.2, 0.25) is 10.0 Å². The minimum absolute atomic E-state index is 0.0664. The van der Waals surface area contributed by atoms with Gasteiger partial charge in [-0.2, -0.15) is 18.3 Å². The summed E-state index contributed by atoms with van der Waals surface area (Å²) in [4.78, 5) is 57.5. The molecule has 2 aliphatic rings. The summed E-state index contributed by atoms with van der Waals surface area (Å²) in [6.07, 6.45) is 1.37. The van der Waals surface area contributed by atoms with Gasteiger partial charge in [0.15, 0.2) is 23.0 Å². The average molecular weight is 771 g/mol. The number of aromatic hydroxyl groups is 1. The van der Waals surface area contributed by atoms with Gasteiger partial charge in [-0.05, 0) is 42.7 Å². The van der Waals surface area contributed by atoms with E-state index in [4.69, 9.17) is 32.9 Å². The summed E-state index contributed by atoms with van der Waals surface area (Å²) in [5.74, 6) is -1.88. The summed E-state index contributed by atoms with van der Waals surface area (Å²) in [6, 6.07) is 8.19. The number of halogens is 4. The van der Waals surface area contributed by atoms with Gasteiger partial charge < -0.3 is 24.4 Å². The first kappa shape index (κ1) is 36.0. The van der Waals surface area contributed by atoms with E-state index in [2.05, 4.69) is 19.8 Å². The van der Waals surface area contributed by atoms with Gasteiger partial charge in [-0.25, -0.2) is 19.7 Å². The number of fused-ring (bicyclic) bond motifs is 2. The van der Waals surface area contributed by atoms with Crippen LogP contribution in [0, 0.1) is 6.92 Å². The molecule has 276 valence electrons. The molecule has 0 bridgehead atoms. The van der Waals surface area contributed by atoms with Crippen LogP contribution in [0.15, 0.2) is 41.5 Å². The lowest BCUT2D eigenvalue weighted by Gasteiger charge is -2.37. The Morgan fingerprint density at radius 2 is 1.81 bits per heavy atom. The Balaban J connectivity index is 1.39. The molecule has 2 aromatic carbocycles. The highest BCUT2D eigenvalue weighted by molar-refractivity contribution is 6.39. The lowest BCUT2D eigenvalue weighted by Crippen LogP contribution is -2.51. The zero-order valence-corrected chi connectivity index (χ0v) is 30.0. The second-order valence-electron chi connectivity index (χ2n) is 12.2. The Morgan fingerprint density at radius 1 is 1.08 bits per heavy atom. The maximum absolute atomic E-state index is 14.5. The smallest absolute Gasteiger partial charge is 0.387 e. The minimum Gasteiger partial charge on any atom is -0.504 e. The van der Waals surface area contributed by atoms with E-state index >= 15 is 0 Å². The summed E-state index contributed by atoms with van der Waals surface area (Å²) in [7, 11) is 0. The Hall–Kier alpha value is -5.39. The molecule has 3 aromatic heterocycles. The zero-order chi connectivity index (χ0) is 37.7. The molecule has 53 heavy (non-hydrogen) atoms. The van der Waals surface area contributed by atoms with E-state index in [1.807, 2.05) is 12.1 Å². The number of carbonyl (C=O) groups is 2. The van der Waals surface area contributed by atoms with E-state index in [1.165, 1.54) is 35.0 Å². The Kier molecular flexibility index (Phi) is 9.65. The molecule has 1 saturated heterocycles. The molecule has 0 radical (unpaired) electrons. The first-order chi connectivity index (χ1) is 25.4. The molecular formula is C34H31Cl2F2N9O6. The van der Waals surface area contributed by atoms with Gasteiger partial charge in [0.2, 0.25) is 5.91 Å². The number of hydrogen-bond acceptors (Lipinski definition) is 11. The van der Waals surface area contributed by atoms with Crippen LogP contribution in [-0.2, 0) is 29.2 Å². The summed E-state index contributed by atoms with van der Waals surface area (Å²) < 4.78 is 39.5. The number of hydrogen-bond donors (Lipinski definition) is 1. The minimum atomic E-state index is -3.27. The number of aryl methyl sites for hydroxylation is 1. The zero-order valence-electron chi connectivity index (χ0n) is 28.5. The van der Waals surface area contributed by atoms with E-state index in [1.54, 1.807) is 24.8 Å². The molecule has 0 aliphatic carbocycles. The van der Waals surface area contributed by atoms with E-state index in [-0.39, 0.29) is 82.8 Å². The molecule has 1 fully saturated rings. The SMILES string of the molecule is CCc1c(N2CCN(C(=O)c3ncnc(C)c3O)CC2)c(=O)n2nc(-c3ccc4c(c3)COC4)nc2n1N(C(C)=O)c1ccc(Cl)c(OC(F)F)c1Cl. The van der Waals surface area contributed by atoms with Gasteiger partial charge in [0, 0.05) is 38.7 Å². The highest BCUT2D eigenvalue weighted by Crippen LogP contribution is 2.42. The number of nitrogens with zero attached hydrogens (tertiary/aromatic N) is 9. The maximum Gasteiger partial charge on any atom is 0.387 e. The molecule has 19 heteroatoms. The highest BCUT2D eigenvalue weighted by Gasteiger charge is 2.33. The van der Waals surface area contributed by atoms with Crippen LogP contribution in [-0.4, -0.2) is 83.9 Å². The third kappa shape index (κ3) is 6.38. The van der Waals surface area contributed by atoms with E-state index in [0.717, 1.165) is 20.7 Å². The van der Waals surface area contributed by atoms with Gasteiger partial charge in [-0.1, -0.05) is 42.3 Å². The van der Waals surface area contributed by atoms with Crippen LogP contribution >= 0.6 is 23.2 Å². The molecule has 0 unspecified atom stereocenters. The highest BCUT2D eigenvalue weighted by atomic mass is 35.5. The summed E-state index contributed by atoms with van der Waals surface area (Å²) in [6.45, 7) is 2.80. The van der Waals surface area contributed by atoms with Gasteiger partial charge >= 0.3 is 6.61 Å². The molecular weight excluding hydrogens is 739 g/mol. The van der Waals surface area contributed by atoms with Gasteiger partial charge in [0.1, 0.15) is 17.0 Å². The van der Waals surface area contributed by atoms with Crippen molar-refractivity contribution in [3.63, 3.8) is 0 Å². The molecule has 2 aliphatic heterocycles. The predicted molar refractivity (Wildman–Crippen MR) is 189 cm³/mol. The first-order valence-electron chi connectivity index (χ1n) is 16.4. The standard InChI is InChI=1S/C34H31Cl2F2N9O6/c1-4-23-27(43-9-11-44(12-10-43)31(50)26-28(49)17(2)39-16-40-26)32(51)45-34(41-30(42-45)19-5-6-20-14-52-15-21(20)13-19)47(23)46(18(3)48)24-8-7-22(35)29(25(24)36)53-33(37)38/h5-8,13,16,33,49H,4,9-12,14-15H2,1-3H3. The van der Waals surface area contributed by atoms with E-state index in [9.17, 15) is 28.3 Å². The Bertz CT molecular complexity index is 2350. The van der Waals surface area contributed by atoms with Crippen LogP contribution in [0.1, 0.15) is 46.9 Å². The number of anilines is 2. The number of amides is 2. The molecule has 5 aromatic rings. The first-order valence-corrected chi connectivity index (χ1v) is 17.2. The number of aromatic nitrogens is 6. The summed E-state index contributed by atoms with van der Waals surface area (Å²) in [5, 5.41) is 15.5. The van der Waals surface area contributed by atoms with Crippen molar-refractivity contribution >= 4 is 52.2 Å². The third-order valence-electron chi connectivity index (χ3n) is 9.07. The van der Waals surface area contributed by atoms with Gasteiger partial charge in [-0.3, -0.25) is 14.4 Å². The Morgan fingerprint density at radius 3 is 2.51 bits per heavy atom. The van der Waals surface area contributed by atoms with Crippen LogP contribution in [0.3, 0.4) is 0 Å². The average Bonchev–Trinajstić information content (AvgIpc) is 3.80. The number of ether oxygens (including phenoxy) is 2. The van der Waals surface area contributed by atoms with Crippen molar-refractivity contribution in [1.82, 2.24) is 34.1 Å². The van der Waals surface area contributed by atoms with Gasteiger partial charge in [0.05, 0.1) is 35.3 Å². The van der Waals surface area contributed by atoms with E-state index in [0.29, 0.717) is 24.5 Å². The van der Waals surface area contributed by atoms with Gasteiger partial charge in [-0.15, -0.1) is 5.10 Å². The van der Waals surface area contributed by atoms with Crippen molar-refractivity contribution in [2.24, 2.45) is 0 Å². The fourth-order valence-corrected chi connectivity index (χ4v) is 7.05. The fourth-order valence-electron chi connectivity index (χ4n) is 6.51. The normalized spacial score (nSPS) is 14.3. The molecule has 0 spiro atoms. The van der Waals surface area contributed by atoms with Crippen molar-refractivity contribution < 1.29 is 33.0 Å². The topological polar surface area (TPSA) is 161 Å². The second-order valence-corrected chi connectivity index (χ2v) is 13.0. The lowest BCUT2D eigenvalue weighted by atomic mass is 10.1. The van der Waals surface area contributed by atoms with Crippen LogP contribution in [0.5, 0.6) is 11.5 Å². The van der Waals surface area contributed by atoms with Crippen molar-refractivity contribution in [3.05, 3.63) is 85.3 Å². The van der Waals surface area contributed by atoms with E-state index < -0.39 is 29.7 Å². The molecule has 0 saturated carbocycles. The number of benzene rings is 2. The molecule has 2 amide bonds. The lowest BCUT2D eigenvalue weighted by molar-refractivity contribution is -0.117. The number of rotatable bonds is 8. The van der Waals surface area contributed by atoms with Crippen molar-refractivity contribution in [1.29, 1.82) is 0 Å². The van der Waals surface area contributed by atoms with Crippen molar-refractivity contribution in [2.75, 3.05) is 36.1 Å². The van der Waals surface area contributed by atoms with Crippen LogP contribution in [0.4, 0.5) is 20.2 Å². The largest absolute Gasteiger partial charge is 0.504 e. The molecule has 0 atom stereocenters. The fraction of sp³-hybridized carbons (Fsp3) is 0.324. The van der Waals surface area contributed by atoms with Crippen LogP contribution < -0.4 is 20.2 Å². The molecule has 1 N–H and O–H groups in total. The summed E-state index contributed by atoms with van der Waals surface area (Å²) >= 11 is 12.8. The predicted octanol–water partition coefficient (Wildman–Crippen LogP) is 4.64. The van der Waals surface area contributed by atoms with Crippen molar-refractivity contribution in [3.8, 4) is 22.9 Å². The quantitative estimate of drug-likeness (QED) is 0.234. The third-order valence-corrected chi connectivity index (χ3v) is 9.73. The molecule has 5 heterocycles. The number of alkyl halides is 2. The number of piperazine rings is 1.